The van der Waals surface area contributed by atoms with Gasteiger partial charge in [-0.3, -0.25) is 9.69 Å². The van der Waals surface area contributed by atoms with Gasteiger partial charge in [0.1, 0.15) is 0 Å². The van der Waals surface area contributed by atoms with Gasteiger partial charge >= 0.3 is 11.9 Å². The molecular formula is C26H23N3O4. The maximum atomic E-state index is 13.0. The smallest absolute Gasteiger partial charge is 0.338 e. The maximum absolute atomic E-state index is 13.0. The van der Waals surface area contributed by atoms with Crippen molar-refractivity contribution in [2.45, 2.75) is 6.42 Å². The fraction of sp³-hybridized carbons (Fsp3) is 0.115. The summed E-state index contributed by atoms with van der Waals surface area (Å²) in [5, 5.41) is 6.55. The molecular weight excluding hydrogens is 418 g/mol. The van der Waals surface area contributed by atoms with E-state index in [1.807, 2.05) is 95.9 Å². The number of carbonyl (C=O) groups excluding carboxylic acids is 2. The molecule has 0 aliphatic carbocycles. The summed E-state index contributed by atoms with van der Waals surface area (Å²) in [7, 11) is 2.57. The molecule has 0 radical (unpaired) electrons. The van der Waals surface area contributed by atoms with Gasteiger partial charge in [0, 0.05) is 11.3 Å². The average molecular weight is 441 g/mol. The van der Waals surface area contributed by atoms with Crippen molar-refractivity contribution in [1.82, 2.24) is 0 Å². The number of hydrogen-bond acceptors (Lipinski definition) is 7. The predicted molar refractivity (Wildman–Crippen MR) is 126 cm³/mol. The summed E-state index contributed by atoms with van der Waals surface area (Å²) >= 11 is 0. The van der Waals surface area contributed by atoms with E-state index in [0.29, 0.717) is 11.7 Å². The highest BCUT2D eigenvalue weighted by Crippen LogP contribution is 2.36. The van der Waals surface area contributed by atoms with Gasteiger partial charge < -0.3 is 9.47 Å². The highest BCUT2D eigenvalue weighted by molar-refractivity contribution is 6.16. The molecule has 7 heteroatoms. The van der Waals surface area contributed by atoms with Crippen LogP contribution >= 0.6 is 0 Å². The van der Waals surface area contributed by atoms with Crippen LogP contribution in [0.2, 0.25) is 0 Å². The van der Waals surface area contributed by atoms with Gasteiger partial charge in [0.2, 0.25) is 0 Å². The second kappa shape index (κ2) is 9.82. The van der Waals surface area contributed by atoms with Crippen molar-refractivity contribution >= 4 is 29.1 Å². The van der Waals surface area contributed by atoms with Crippen molar-refractivity contribution in [3.63, 3.8) is 0 Å². The van der Waals surface area contributed by atoms with Crippen LogP contribution in [0.25, 0.3) is 0 Å². The monoisotopic (exact) mass is 441 g/mol. The van der Waals surface area contributed by atoms with Gasteiger partial charge in [-0.05, 0) is 24.3 Å². The minimum atomic E-state index is -0.637. The molecule has 1 aliphatic heterocycles. The van der Waals surface area contributed by atoms with Crippen molar-refractivity contribution in [3.05, 3.63) is 108 Å². The van der Waals surface area contributed by atoms with Crippen molar-refractivity contribution in [2.24, 2.45) is 5.10 Å². The number of methoxy groups -OCH3 is 2. The zero-order valence-electron chi connectivity index (χ0n) is 18.3. The van der Waals surface area contributed by atoms with Crippen molar-refractivity contribution in [1.29, 1.82) is 0 Å². The molecule has 0 saturated heterocycles. The second-order valence-corrected chi connectivity index (χ2v) is 7.15. The lowest BCUT2D eigenvalue weighted by Crippen LogP contribution is -2.33. The van der Waals surface area contributed by atoms with Crippen molar-refractivity contribution < 1.29 is 19.1 Å². The zero-order valence-corrected chi connectivity index (χ0v) is 18.3. The Kier molecular flexibility index (Phi) is 6.50. The van der Waals surface area contributed by atoms with E-state index in [2.05, 4.69) is 0 Å². The summed E-state index contributed by atoms with van der Waals surface area (Å²) < 4.78 is 9.94. The first-order valence-corrected chi connectivity index (χ1v) is 10.4. The minimum absolute atomic E-state index is 0.131. The van der Waals surface area contributed by atoms with Crippen LogP contribution in [-0.4, -0.2) is 32.0 Å². The molecule has 4 rings (SSSR count). The Morgan fingerprint density at radius 1 is 0.758 bits per heavy atom. The Labute approximate surface area is 192 Å². The predicted octanol–water partition coefficient (Wildman–Crippen LogP) is 4.32. The number of rotatable bonds is 6. The molecule has 1 heterocycles. The summed E-state index contributed by atoms with van der Waals surface area (Å²) in [6.45, 7) is 0. The molecule has 0 fully saturated rings. The standard InChI is InChI=1S/C26H23N3O4/c1-32-23(30)18-22(26(31)33-2)25-28(20-14-8-4-9-15-20)24(19-12-6-3-7-13-19)27-29(25)21-16-10-5-11-17-21/h3-17H,18H2,1-2H3/b25-22-. The first-order valence-electron chi connectivity index (χ1n) is 10.4. The third-order valence-electron chi connectivity index (χ3n) is 5.12. The van der Waals surface area contributed by atoms with Crippen molar-refractivity contribution in [2.75, 3.05) is 24.1 Å². The van der Waals surface area contributed by atoms with Crippen molar-refractivity contribution in [3.8, 4) is 0 Å². The van der Waals surface area contributed by atoms with Crippen LogP contribution < -0.4 is 9.91 Å². The molecule has 0 N–H and O–H groups in total. The molecule has 0 aromatic heterocycles. The van der Waals surface area contributed by atoms with E-state index in [4.69, 9.17) is 14.6 Å². The van der Waals surface area contributed by atoms with E-state index in [-0.39, 0.29) is 12.0 Å². The molecule has 0 spiro atoms. The zero-order chi connectivity index (χ0) is 23.2. The van der Waals surface area contributed by atoms with Crippen LogP contribution in [-0.2, 0) is 19.1 Å². The average Bonchev–Trinajstić information content (AvgIpc) is 3.28. The molecule has 166 valence electrons. The minimum Gasteiger partial charge on any atom is -0.469 e. The van der Waals surface area contributed by atoms with E-state index in [1.165, 1.54) is 14.2 Å². The number of nitrogens with zero attached hydrogens (tertiary/aromatic N) is 3. The van der Waals surface area contributed by atoms with E-state index in [1.54, 1.807) is 5.01 Å². The molecule has 3 aromatic carbocycles. The van der Waals surface area contributed by atoms with Gasteiger partial charge in [0.05, 0.1) is 31.9 Å². The first-order chi connectivity index (χ1) is 16.1. The number of hydrogen-bond donors (Lipinski definition) is 0. The number of esters is 2. The first kappa shape index (κ1) is 21.8. The van der Waals surface area contributed by atoms with Gasteiger partial charge in [-0.2, -0.15) is 0 Å². The number of benzene rings is 3. The van der Waals surface area contributed by atoms with E-state index in [0.717, 1.165) is 16.9 Å². The quantitative estimate of drug-likeness (QED) is 0.419. The van der Waals surface area contributed by atoms with Crippen LogP contribution in [0.5, 0.6) is 0 Å². The number of amidine groups is 1. The summed E-state index contributed by atoms with van der Waals surface area (Å²) in [6.07, 6.45) is -0.275. The Morgan fingerprint density at radius 2 is 1.30 bits per heavy atom. The number of para-hydroxylation sites is 2. The molecule has 0 saturated carbocycles. The summed E-state index contributed by atoms with van der Waals surface area (Å²) in [5.41, 5.74) is 2.48. The van der Waals surface area contributed by atoms with Gasteiger partial charge in [-0.15, -0.1) is 5.10 Å². The van der Waals surface area contributed by atoms with E-state index < -0.39 is 11.9 Å². The SMILES string of the molecule is COC(=O)C/C(C(=O)OC)=C1/N(c2ccccc2)N=C(c2ccccc2)N1c1ccccc1. The molecule has 1 aliphatic rings. The fourth-order valence-corrected chi connectivity index (χ4v) is 3.57. The van der Waals surface area contributed by atoms with E-state index >= 15 is 0 Å². The van der Waals surface area contributed by atoms with Crippen LogP contribution in [0.15, 0.2) is 107 Å². The highest BCUT2D eigenvalue weighted by Gasteiger charge is 2.37. The number of carbonyl (C=O) groups is 2. The Balaban J connectivity index is 2.02. The van der Waals surface area contributed by atoms with Crippen LogP contribution in [0.3, 0.4) is 0 Å². The fourth-order valence-electron chi connectivity index (χ4n) is 3.57. The van der Waals surface area contributed by atoms with Crippen LogP contribution in [0, 0.1) is 0 Å². The molecule has 0 atom stereocenters. The molecule has 0 amide bonds. The van der Waals surface area contributed by atoms with Gasteiger partial charge in [-0.25, -0.2) is 9.80 Å². The number of hydrazone groups is 1. The largest absolute Gasteiger partial charge is 0.469 e. The summed E-state index contributed by atoms with van der Waals surface area (Å²) in [4.78, 5) is 27.1. The molecule has 33 heavy (non-hydrogen) atoms. The maximum Gasteiger partial charge on any atom is 0.338 e. The van der Waals surface area contributed by atoms with Gasteiger partial charge in [0.25, 0.3) is 0 Å². The summed E-state index contributed by atoms with van der Waals surface area (Å²) in [5.74, 6) is -0.186. The molecule has 0 unspecified atom stereocenters. The topological polar surface area (TPSA) is 71.4 Å². The number of ether oxygens (including phenoxy) is 2. The van der Waals surface area contributed by atoms with E-state index in [9.17, 15) is 9.59 Å². The number of anilines is 2. The lowest BCUT2D eigenvalue weighted by molar-refractivity contribution is -0.143. The summed E-state index contributed by atoms with van der Waals surface area (Å²) in [6, 6.07) is 28.6. The van der Waals surface area contributed by atoms with Gasteiger partial charge in [-0.1, -0.05) is 66.7 Å². The normalized spacial score (nSPS) is 14.5. The Morgan fingerprint density at radius 3 is 1.85 bits per heavy atom. The molecule has 7 nitrogen and oxygen atoms in total. The van der Waals surface area contributed by atoms with Gasteiger partial charge in [0.15, 0.2) is 11.7 Å². The molecule has 0 bridgehead atoms. The third-order valence-corrected chi connectivity index (χ3v) is 5.12. The Bertz CT molecular complexity index is 1190. The lowest BCUT2D eigenvalue weighted by Gasteiger charge is -2.27. The second-order valence-electron chi connectivity index (χ2n) is 7.15. The lowest BCUT2D eigenvalue weighted by atomic mass is 10.1. The van der Waals surface area contributed by atoms with Crippen LogP contribution in [0.4, 0.5) is 11.4 Å². The molecule has 3 aromatic rings. The highest BCUT2D eigenvalue weighted by atomic mass is 16.5. The Hall–Kier alpha value is -4.39. The third kappa shape index (κ3) is 4.48. The van der Waals surface area contributed by atoms with Crippen LogP contribution in [0.1, 0.15) is 12.0 Å².